The Morgan fingerprint density at radius 2 is 2.43 bits per heavy atom. The number of morpholine rings is 1. The van der Waals surface area contributed by atoms with Crippen LogP contribution in [0.15, 0.2) is 0 Å². The van der Waals surface area contributed by atoms with Crippen molar-refractivity contribution in [3.63, 3.8) is 0 Å². The molecular weight excluding hydrogens is 183 g/mol. The number of hydrogen-bond donors (Lipinski definition) is 1. The van der Waals surface area contributed by atoms with E-state index in [1.165, 1.54) is 0 Å². The van der Waals surface area contributed by atoms with E-state index in [0.29, 0.717) is 12.5 Å². The summed E-state index contributed by atoms with van der Waals surface area (Å²) in [5.41, 5.74) is 0. The maximum atomic E-state index is 12.1. The zero-order valence-electron chi connectivity index (χ0n) is 8.97. The molecule has 0 amide bonds. The first-order valence-corrected chi connectivity index (χ1v) is 5.47. The van der Waals surface area contributed by atoms with E-state index in [1.54, 1.807) is 0 Å². The third kappa shape index (κ3) is 3.90. The maximum absolute atomic E-state index is 12.1. The molecule has 14 heavy (non-hydrogen) atoms. The molecule has 0 aromatic heterocycles. The molecule has 1 heterocycles. The SMILES string of the molecule is CCNCC1COCCN1CCCF. The van der Waals surface area contributed by atoms with Crippen LogP contribution in [0.5, 0.6) is 0 Å². The number of halogens is 1. The van der Waals surface area contributed by atoms with Crippen molar-refractivity contribution in [3.05, 3.63) is 0 Å². The van der Waals surface area contributed by atoms with Crippen molar-refractivity contribution in [2.75, 3.05) is 46.1 Å². The first-order valence-electron chi connectivity index (χ1n) is 5.47. The van der Waals surface area contributed by atoms with Crippen molar-refractivity contribution in [1.29, 1.82) is 0 Å². The van der Waals surface area contributed by atoms with Gasteiger partial charge in [-0.25, -0.2) is 0 Å². The summed E-state index contributed by atoms with van der Waals surface area (Å²) in [7, 11) is 0. The summed E-state index contributed by atoms with van der Waals surface area (Å²) in [6.07, 6.45) is 0.641. The van der Waals surface area contributed by atoms with E-state index in [9.17, 15) is 4.39 Å². The third-order valence-electron chi connectivity index (χ3n) is 2.56. The Hall–Kier alpha value is -0.190. The number of likely N-dealkylation sites (N-methyl/N-ethyl adjacent to an activating group) is 1. The quantitative estimate of drug-likeness (QED) is 0.688. The van der Waals surface area contributed by atoms with Crippen LogP contribution in [-0.4, -0.2) is 57.0 Å². The normalized spacial score (nSPS) is 24.0. The minimum Gasteiger partial charge on any atom is -0.378 e. The molecule has 3 nitrogen and oxygen atoms in total. The van der Waals surface area contributed by atoms with Crippen molar-refractivity contribution in [2.24, 2.45) is 0 Å². The van der Waals surface area contributed by atoms with Gasteiger partial charge in [0.1, 0.15) is 0 Å². The molecule has 0 aliphatic carbocycles. The monoisotopic (exact) mass is 204 g/mol. The van der Waals surface area contributed by atoms with Gasteiger partial charge in [0, 0.05) is 25.7 Å². The lowest BCUT2D eigenvalue weighted by Crippen LogP contribution is -2.50. The van der Waals surface area contributed by atoms with Crippen molar-refractivity contribution >= 4 is 0 Å². The molecule has 0 spiro atoms. The predicted octanol–water partition coefficient (Wildman–Crippen LogP) is 0.656. The Labute approximate surface area is 85.6 Å². The van der Waals surface area contributed by atoms with Crippen molar-refractivity contribution < 1.29 is 9.13 Å². The minimum absolute atomic E-state index is 0.217. The second-order valence-electron chi connectivity index (χ2n) is 3.61. The molecule has 0 aromatic carbocycles. The molecule has 1 saturated heterocycles. The highest BCUT2D eigenvalue weighted by Crippen LogP contribution is 2.06. The molecule has 0 radical (unpaired) electrons. The van der Waals surface area contributed by atoms with Crippen LogP contribution in [0.4, 0.5) is 4.39 Å². The largest absolute Gasteiger partial charge is 0.378 e. The van der Waals surface area contributed by atoms with Gasteiger partial charge in [-0.05, 0) is 13.0 Å². The summed E-state index contributed by atoms with van der Waals surface area (Å²) >= 11 is 0. The molecule has 1 N–H and O–H groups in total. The number of nitrogens with one attached hydrogen (secondary N) is 1. The van der Waals surface area contributed by atoms with Gasteiger partial charge in [-0.3, -0.25) is 9.29 Å². The molecule has 1 rings (SSSR count). The Bertz CT molecular complexity index is 130. The van der Waals surface area contributed by atoms with Crippen molar-refractivity contribution in [2.45, 2.75) is 19.4 Å². The Kier molecular flexibility index (Phi) is 6.07. The molecule has 0 aromatic rings. The Morgan fingerprint density at radius 1 is 1.57 bits per heavy atom. The number of rotatable bonds is 6. The van der Waals surface area contributed by atoms with E-state index in [-0.39, 0.29) is 6.67 Å². The second-order valence-corrected chi connectivity index (χ2v) is 3.61. The van der Waals surface area contributed by atoms with E-state index < -0.39 is 0 Å². The van der Waals surface area contributed by atoms with Crippen molar-refractivity contribution in [3.8, 4) is 0 Å². The third-order valence-corrected chi connectivity index (χ3v) is 2.56. The molecule has 0 bridgehead atoms. The van der Waals surface area contributed by atoms with Gasteiger partial charge < -0.3 is 10.1 Å². The van der Waals surface area contributed by atoms with Gasteiger partial charge in [-0.1, -0.05) is 6.92 Å². The fourth-order valence-corrected chi connectivity index (χ4v) is 1.75. The minimum atomic E-state index is -0.217. The van der Waals surface area contributed by atoms with Gasteiger partial charge in [-0.2, -0.15) is 0 Å². The fourth-order valence-electron chi connectivity index (χ4n) is 1.75. The summed E-state index contributed by atoms with van der Waals surface area (Å²) in [4.78, 5) is 2.33. The van der Waals surface area contributed by atoms with Gasteiger partial charge in [0.15, 0.2) is 0 Å². The highest BCUT2D eigenvalue weighted by atomic mass is 19.1. The summed E-state index contributed by atoms with van der Waals surface area (Å²) < 4.78 is 17.5. The van der Waals surface area contributed by atoms with Gasteiger partial charge >= 0.3 is 0 Å². The van der Waals surface area contributed by atoms with Crippen LogP contribution >= 0.6 is 0 Å². The molecule has 1 fully saturated rings. The van der Waals surface area contributed by atoms with E-state index in [1.807, 2.05) is 0 Å². The molecule has 84 valence electrons. The molecule has 1 atom stereocenters. The Balaban J connectivity index is 2.26. The Morgan fingerprint density at radius 3 is 3.14 bits per heavy atom. The van der Waals surface area contributed by atoms with Gasteiger partial charge in [0.2, 0.25) is 0 Å². The lowest BCUT2D eigenvalue weighted by Gasteiger charge is -2.35. The summed E-state index contributed by atoms with van der Waals surface area (Å²) in [6.45, 7) is 7.16. The van der Waals surface area contributed by atoms with E-state index in [4.69, 9.17) is 4.74 Å². The van der Waals surface area contributed by atoms with Crippen LogP contribution < -0.4 is 5.32 Å². The first kappa shape index (κ1) is 11.9. The van der Waals surface area contributed by atoms with Crippen LogP contribution in [0.2, 0.25) is 0 Å². The van der Waals surface area contributed by atoms with E-state index in [2.05, 4.69) is 17.1 Å². The smallest absolute Gasteiger partial charge is 0.0906 e. The highest BCUT2D eigenvalue weighted by Gasteiger charge is 2.21. The van der Waals surface area contributed by atoms with Crippen LogP contribution in [-0.2, 0) is 4.74 Å². The highest BCUT2D eigenvalue weighted by molar-refractivity contribution is 4.76. The fraction of sp³-hybridized carbons (Fsp3) is 1.00. The molecule has 1 aliphatic rings. The maximum Gasteiger partial charge on any atom is 0.0906 e. The number of alkyl halides is 1. The number of hydrogen-bond acceptors (Lipinski definition) is 3. The van der Waals surface area contributed by atoms with Crippen LogP contribution in [0.3, 0.4) is 0 Å². The lowest BCUT2D eigenvalue weighted by atomic mass is 10.2. The molecular formula is C10H21FN2O. The van der Waals surface area contributed by atoms with Gasteiger partial charge in [-0.15, -0.1) is 0 Å². The van der Waals surface area contributed by atoms with E-state index >= 15 is 0 Å². The van der Waals surface area contributed by atoms with Crippen LogP contribution in [0.25, 0.3) is 0 Å². The number of nitrogens with zero attached hydrogens (tertiary/aromatic N) is 1. The van der Waals surface area contributed by atoms with Crippen LogP contribution in [0, 0.1) is 0 Å². The van der Waals surface area contributed by atoms with Gasteiger partial charge in [0.25, 0.3) is 0 Å². The number of ether oxygens (including phenoxy) is 1. The summed E-state index contributed by atoms with van der Waals surface area (Å²) in [5, 5.41) is 3.31. The standard InChI is InChI=1S/C10H21FN2O/c1-2-12-8-10-9-14-7-6-13(10)5-3-4-11/h10,12H,2-9H2,1H3. The predicted molar refractivity (Wildman–Crippen MR) is 55.3 cm³/mol. The molecule has 0 saturated carbocycles. The lowest BCUT2D eigenvalue weighted by molar-refractivity contribution is -0.00761. The van der Waals surface area contributed by atoms with Gasteiger partial charge in [0.05, 0.1) is 19.9 Å². The topological polar surface area (TPSA) is 24.5 Å². The van der Waals surface area contributed by atoms with Crippen LogP contribution in [0.1, 0.15) is 13.3 Å². The first-order chi connectivity index (χ1) is 6.88. The summed E-state index contributed by atoms with van der Waals surface area (Å²) in [6, 6.07) is 0.426. The van der Waals surface area contributed by atoms with Crippen molar-refractivity contribution in [1.82, 2.24) is 10.2 Å². The molecule has 1 unspecified atom stereocenters. The average molecular weight is 204 g/mol. The van der Waals surface area contributed by atoms with E-state index in [0.717, 1.165) is 39.4 Å². The molecule has 1 aliphatic heterocycles. The molecule has 4 heteroatoms. The zero-order valence-corrected chi connectivity index (χ0v) is 8.97. The second kappa shape index (κ2) is 7.15. The zero-order chi connectivity index (χ0) is 10.2. The average Bonchev–Trinajstić information content (AvgIpc) is 2.24. The summed E-state index contributed by atoms with van der Waals surface area (Å²) in [5.74, 6) is 0.